The zero-order valence-corrected chi connectivity index (χ0v) is 32.2. The summed E-state index contributed by atoms with van der Waals surface area (Å²) >= 11 is 0. The Labute approximate surface area is 340 Å². The van der Waals surface area contributed by atoms with Crippen LogP contribution in [0.1, 0.15) is 33.2 Å². The molecule has 0 N–H and O–H groups in total. The lowest BCUT2D eigenvalue weighted by atomic mass is 9.98. The molecule has 0 saturated heterocycles. The number of halogens is 12. The first-order valence-electron chi connectivity index (χ1n) is 16.2. The van der Waals surface area contributed by atoms with Crippen molar-refractivity contribution in [3.63, 3.8) is 0 Å². The average molecular weight is 941 g/mol. The van der Waals surface area contributed by atoms with Crippen molar-refractivity contribution in [1.82, 2.24) is 0 Å². The number of alkyl halides is 12. The summed E-state index contributed by atoms with van der Waals surface area (Å²) in [6, 6.07) is 15.6. The quantitative estimate of drug-likeness (QED) is 0.0464. The van der Waals surface area contributed by atoms with Gasteiger partial charge in [-0.2, -0.15) is 52.7 Å². The minimum atomic E-state index is -6.56. The lowest BCUT2D eigenvalue weighted by Gasteiger charge is -2.37. The van der Waals surface area contributed by atoms with Gasteiger partial charge in [-0.05, 0) is 46.2 Å². The third kappa shape index (κ3) is 11.0. The van der Waals surface area contributed by atoms with Gasteiger partial charge in [0.15, 0.2) is 0 Å². The molecule has 0 amide bonds. The van der Waals surface area contributed by atoms with Crippen molar-refractivity contribution in [1.29, 1.82) is 0 Å². The highest BCUT2D eigenvalue weighted by Gasteiger charge is 2.76. The first-order chi connectivity index (χ1) is 28.0. The normalized spacial score (nSPS) is 13.1. The fourth-order valence-corrected chi connectivity index (χ4v) is 7.06. The number of rotatable bonds is 11. The standard InChI is InChI=1S/C19H14F6O7S.C17H12F6O5S/c1-10(2)15(26)31-13-8-7-11-5-3-4-6-12(11)14(13)16(27)32-17(18(20,21)22,19(23,24)25)9-33(28,29)30;1-2-11-12-6-4-3-5-10(12)7-8-13(11)14(24)28-15(16(18,19)20,17(21,22)23)9-29(25,26)27/h3-8H,1,9H2,2H3,(H,28,29,30);2-8H,1,9H2,(H,25,26,27)/p-2. The number of benzene rings is 4. The fraction of sp³-hybridized carbons (Fsp3) is 0.250. The molecule has 12 nitrogen and oxygen atoms in total. The van der Waals surface area contributed by atoms with E-state index in [-0.39, 0.29) is 27.3 Å². The average Bonchev–Trinajstić information content (AvgIpc) is 3.10. The van der Waals surface area contributed by atoms with Gasteiger partial charge in [-0.1, -0.05) is 79.9 Å². The third-order valence-electron chi connectivity index (χ3n) is 8.17. The van der Waals surface area contributed by atoms with Crippen LogP contribution in [-0.4, -0.2) is 91.3 Å². The van der Waals surface area contributed by atoms with Crippen molar-refractivity contribution >= 4 is 65.8 Å². The SMILES string of the molecule is C=C(C)C(=O)Oc1ccc2ccccc2c1C(=O)OC(CS(=O)(=O)[O-])(C(F)(F)F)C(F)(F)F.C=Cc1c(C(=O)OC(CS(=O)(=O)[O-])(C(F)(F)F)C(F)(F)F)ccc2ccccc12. The highest BCUT2D eigenvalue weighted by atomic mass is 32.2. The van der Waals surface area contributed by atoms with Gasteiger partial charge in [0.2, 0.25) is 0 Å². The van der Waals surface area contributed by atoms with Gasteiger partial charge in [0.1, 0.15) is 11.3 Å². The number of carbonyl (C=O) groups is 3. The van der Waals surface area contributed by atoms with Crippen molar-refractivity contribution in [2.45, 2.75) is 42.8 Å². The Morgan fingerprint density at radius 3 is 1.40 bits per heavy atom. The van der Waals surface area contributed by atoms with Crippen LogP contribution in [0.25, 0.3) is 27.6 Å². The lowest BCUT2D eigenvalue weighted by molar-refractivity contribution is -0.356. The van der Waals surface area contributed by atoms with Gasteiger partial charge in [0.05, 0.1) is 37.3 Å². The van der Waals surface area contributed by atoms with Crippen molar-refractivity contribution in [2.24, 2.45) is 0 Å². The molecule has 0 radical (unpaired) electrons. The molecular formula is C36H24F12O12S2-2. The number of esters is 3. The van der Waals surface area contributed by atoms with Crippen LogP contribution in [-0.2, 0) is 34.5 Å². The molecule has 4 aromatic carbocycles. The lowest BCUT2D eigenvalue weighted by Crippen LogP contribution is -2.63. The maximum atomic E-state index is 13.5. The van der Waals surface area contributed by atoms with Gasteiger partial charge in [-0.3, -0.25) is 0 Å². The molecule has 62 heavy (non-hydrogen) atoms. The molecule has 0 unspecified atom stereocenters. The predicted molar refractivity (Wildman–Crippen MR) is 188 cm³/mol. The van der Waals surface area contributed by atoms with Crippen LogP contribution < -0.4 is 4.74 Å². The van der Waals surface area contributed by atoms with Crippen molar-refractivity contribution in [3.05, 3.63) is 108 Å². The van der Waals surface area contributed by atoms with E-state index in [0.29, 0.717) is 5.39 Å². The minimum absolute atomic E-state index is 0.126. The van der Waals surface area contributed by atoms with Gasteiger partial charge in [-0.25, -0.2) is 31.2 Å². The molecule has 0 saturated carbocycles. The van der Waals surface area contributed by atoms with Crippen molar-refractivity contribution < 1.29 is 107 Å². The molecule has 26 heteroatoms. The van der Waals surface area contributed by atoms with E-state index >= 15 is 0 Å². The number of hydrogen-bond donors (Lipinski definition) is 0. The first kappa shape index (κ1) is 50.6. The molecule has 338 valence electrons. The molecule has 0 fully saturated rings. The number of hydrogen-bond acceptors (Lipinski definition) is 12. The van der Waals surface area contributed by atoms with Crippen LogP contribution in [0.4, 0.5) is 52.7 Å². The Hall–Kier alpha value is -5.73. The second-order valence-electron chi connectivity index (χ2n) is 12.6. The van der Waals surface area contributed by atoms with Crippen molar-refractivity contribution in [2.75, 3.05) is 11.5 Å². The van der Waals surface area contributed by atoms with Gasteiger partial charge in [0, 0.05) is 5.57 Å². The summed E-state index contributed by atoms with van der Waals surface area (Å²) in [4.78, 5) is 36.8. The summed E-state index contributed by atoms with van der Waals surface area (Å²) < 4.78 is 238. The first-order valence-corrected chi connectivity index (χ1v) is 19.3. The molecule has 4 rings (SSSR count). The maximum Gasteiger partial charge on any atom is 0.438 e. The molecule has 0 aliphatic rings. The highest BCUT2D eigenvalue weighted by Crippen LogP contribution is 2.49. The molecule has 4 aromatic rings. The van der Waals surface area contributed by atoms with E-state index in [1.54, 1.807) is 12.1 Å². The molecule has 0 bridgehead atoms. The predicted octanol–water partition coefficient (Wildman–Crippen LogP) is 7.93. The zero-order valence-electron chi connectivity index (χ0n) is 30.6. The Bertz CT molecular complexity index is 2610. The Kier molecular flexibility index (Phi) is 14.3. The Morgan fingerprint density at radius 2 is 1.00 bits per heavy atom. The summed E-state index contributed by atoms with van der Waals surface area (Å²) in [6.07, 6.45) is -25.0. The van der Waals surface area contributed by atoms with Crippen LogP contribution in [0.5, 0.6) is 5.75 Å². The smallest absolute Gasteiger partial charge is 0.438 e. The Balaban J connectivity index is 0.000000333. The van der Waals surface area contributed by atoms with E-state index in [1.807, 2.05) is 0 Å². The fourth-order valence-electron chi connectivity index (χ4n) is 5.29. The van der Waals surface area contributed by atoms with Crippen LogP contribution >= 0.6 is 0 Å². The second-order valence-corrected chi connectivity index (χ2v) is 15.4. The van der Waals surface area contributed by atoms with Crippen LogP contribution in [0.2, 0.25) is 0 Å². The summed E-state index contributed by atoms with van der Waals surface area (Å²) in [7, 11) is -12.3. The van der Waals surface area contributed by atoms with E-state index in [9.17, 15) is 93.0 Å². The van der Waals surface area contributed by atoms with E-state index in [4.69, 9.17) is 4.74 Å². The van der Waals surface area contributed by atoms with Gasteiger partial charge >= 0.3 is 53.8 Å². The largest absolute Gasteiger partial charge is 0.748 e. The third-order valence-corrected chi connectivity index (χ3v) is 9.69. The van der Waals surface area contributed by atoms with Crippen LogP contribution in [0, 0.1) is 0 Å². The van der Waals surface area contributed by atoms with E-state index in [0.717, 1.165) is 24.3 Å². The topological polar surface area (TPSA) is 193 Å². The second kappa shape index (κ2) is 17.6. The van der Waals surface area contributed by atoms with Crippen LogP contribution in [0.15, 0.2) is 91.5 Å². The molecular weight excluding hydrogens is 916 g/mol. The van der Waals surface area contributed by atoms with Gasteiger partial charge in [0.25, 0.3) is 0 Å². The highest BCUT2D eigenvalue weighted by molar-refractivity contribution is 7.86. The van der Waals surface area contributed by atoms with E-state index < -0.39 is 102 Å². The summed E-state index contributed by atoms with van der Waals surface area (Å²) in [5.41, 5.74) is -13.3. The summed E-state index contributed by atoms with van der Waals surface area (Å²) in [5.74, 6) is -12.6. The maximum absolute atomic E-state index is 13.5. The number of ether oxygens (including phenoxy) is 3. The van der Waals surface area contributed by atoms with Gasteiger partial charge < -0.3 is 23.3 Å². The molecule has 0 heterocycles. The van der Waals surface area contributed by atoms with E-state index in [1.165, 1.54) is 49.4 Å². The molecule has 0 spiro atoms. The van der Waals surface area contributed by atoms with Crippen molar-refractivity contribution in [3.8, 4) is 5.75 Å². The summed E-state index contributed by atoms with van der Waals surface area (Å²) in [5, 5.41) is 0.621. The van der Waals surface area contributed by atoms with Gasteiger partial charge in [-0.15, -0.1) is 0 Å². The number of fused-ring (bicyclic) bond motifs is 2. The minimum Gasteiger partial charge on any atom is -0.748 e. The zero-order chi connectivity index (χ0) is 47.7. The number of carbonyl (C=O) groups excluding carboxylic acids is 3. The monoisotopic (exact) mass is 940 g/mol. The van der Waals surface area contributed by atoms with E-state index in [2.05, 4.69) is 22.6 Å². The Morgan fingerprint density at radius 1 is 0.613 bits per heavy atom. The molecule has 0 aromatic heterocycles. The van der Waals surface area contributed by atoms with Crippen LogP contribution in [0.3, 0.4) is 0 Å². The molecule has 0 aliphatic heterocycles. The summed E-state index contributed by atoms with van der Waals surface area (Å²) in [6.45, 7) is 7.82. The molecule has 0 atom stereocenters. The molecule has 0 aliphatic carbocycles.